The summed E-state index contributed by atoms with van der Waals surface area (Å²) in [6, 6.07) is 0. The predicted molar refractivity (Wildman–Crippen MR) is 40.3 cm³/mol. The zero-order chi connectivity index (χ0) is 7.28. The minimum absolute atomic E-state index is 0.344. The molecule has 0 aliphatic heterocycles. The third-order valence-corrected chi connectivity index (χ3v) is 1.21. The first-order valence-corrected chi connectivity index (χ1v) is 3.13. The number of aliphatic hydroxyl groups is 1. The van der Waals surface area contributed by atoms with Gasteiger partial charge in [-0.3, -0.25) is 0 Å². The van der Waals surface area contributed by atoms with Crippen LogP contribution in [0, 0.1) is 0 Å². The molecule has 0 unspecified atom stereocenters. The van der Waals surface area contributed by atoms with E-state index in [0.29, 0.717) is 0 Å². The van der Waals surface area contributed by atoms with Crippen LogP contribution < -0.4 is 0 Å². The highest BCUT2D eigenvalue weighted by Crippen LogP contribution is 2.04. The zero-order valence-corrected chi connectivity index (χ0v) is 5.93. The second kappa shape index (κ2) is 4.33. The van der Waals surface area contributed by atoms with E-state index in [1.54, 1.807) is 6.08 Å². The van der Waals surface area contributed by atoms with Crippen molar-refractivity contribution >= 4 is 0 Å². The Hall–Kier alpha value is -0.560. The van der Waals surface area contributed by atoms with Gasteiger partial charge in [0.15, 0.2) is 0 Å². The smallest absolute Gasteiger partial charge is 0.0747 e. The van der Waals surface area contributed by atoms with Crippen molar-refractivity contribution in [1.82, 2.24) is 0 Å². The van der Waals surface area contributed by atoms with Crippen molar-refractivity contribution in [3.63, 3.8) is 0 Å². The quantitative estimate of drug-likeness (QED) is 0.570. The van der Waals surface area contributed by atoms with E-state index < -0.39 is 0 Å². The van der Waals surface area contributed by atoms with Crippen molar-refractivity contribution in [2.75, 3.05) is 0 Å². The molecule has 9 heavy (non-hydrogen) atoms. The van der Waals surface area contributed by atoms with Crippen molar-refractivity contribution in [2.24, 2.45) is 0 Å². The topological polar surface area (TPSA) is 20.2 Å². The van der Waals surface area contributed by atoms with Gasteiger partial charge in [-0.2, -0.15) is 0 Å². The summed E-state index contributed by atoms with van der Waals surface area (Å²) in [5.41, 5.74) is 0.830. The van der Waals surface area contributed by atoms with E-state index in [1.165, 1.54) is 0 Å². The summed E-state index contributed by atoms with van der Waals surface area (Å²) in [5.74, 6) is 0. The van der Waals surface area contributed by atoms with Crippen LogP contribution in [0.4, 0.5) is 0 Å². The fraction of sp³-hybridized carbons (Fsp3) is 0.500. The third kappa shape index (κ3) is 3.98. The molecule has 0 heterocycles. The molecule has 1 N–H and O–H groups in total. The van der Waals surface area contributed by atoms with Crippen LogP contribution in [0.3, 0.4) is 0 Å². The average molecular weight is 126 g/mol. The Morgan fingerprint density at radius 2 is 2.33 bits per heavy atom. The lowest BCUT2D eigenvalue weighted by Gasteiger charge is -2.06. The van der Waals surface area contributed by atoms with Gasteiger partial charge in [-0.25, -0.2) is 0 Å². The molecule has 0 aromatic heterocycles. The molecule has 0 amide bonds. The Morgan fingerprint density at radius 3 is 2.67 bits per heavy atom. The summed E-state index contributed by atoms with van der Waals surface area (Å²) >= 11 is 0. The van der Waals surface area contributed by atoms with Crippen LogP contribution in [0.15, 0.2) is 24.8 Å². The van der Waals surface area contributed by atoms with E-state index in [1.807, 2.05) is 6.92 Å². The number of hydrogen-bond acceptors (Lipinski definition) is 1. The van der Waals surface area contributed by atoms with Gasteiger partial charge in [0.2, 0.25) is 0 Å². The van der Waals surface area contributed by atoms with E-state index in [0.717, 1.165) is 18.4 Å². The van der Waals surface area contributed by atoms with Gasteiger partial charge in [0, 0.05) is 0 Å². The first kappa shape index (κ1) is 8.44. The Balaban J connectivity index is 3.37. The molecule has 52 valence electrons. The van der Waals surface area contributed by atoms with Crippen LogP contribution in [-0.4, -0.2) is 11.2 Å². The molecule has 1 heteroatoms. The Kier molecular flexibility index (Phi) is 4.06. The highest BCUT2D eigenvalue weighted by atomic mass is 16.3. The maximum atomic E-state index is 9.11. The molecule has 0 radical (unpaired) electrons. The maximum Gasteiger partial charge on any atom is 0.0747 e. The molecule has 0 fully saturated rings. The largest absolute Gasteiger partial charge is 0.389 e. The average Bonchev–Trinajstić information content (AvgIpc) is 1.82. The minimum Gasteiger partial charge on any atom is -0.389 e. The molecule has 0 aliphatic carbocycles. The van der Waals surface area contributed by atoms with Crippen LogP contribution in [0.2, 0.25) is 0 Å². The number of hydrogen-bond donors (Lipinski definition) is 1. The molecular formula is C8H14O. The van der Waals surface area contributed by atoms with Crippen LogP contribution in [0.25, 0.3) is 0 Å². The Bertz CT molecular complexity index is 105. The summed E-state index contributed by atoms with van der Waals surface area (Å²) in [6.07, 6.45) is 3.06. The molecule has 0 saturated heterocycles. The Morgan fingerprint density at radius 1 is 1.78 bits per heavy atom. The molecule has 0 rings (SSSR count). The number of rotatable bonds is 4. The highest BCUT2D eigenvalue weighted by Gasteiger charge is 2.00. The zero-order valence-electron chi connectivity index (χ0n) is 5.93. The summed E-state index contributed by atoms with van der Waals surface area (Å²) < 4.78 is 0. The van der Waals surface area contributed by atoms with E-state index >= 15 is 0 Å². The number of allylic oxidation sites excluding steroid dienone is 1. The van der Waals surface area contributed by atoms with Crippen molar-refractivity contribution in [2.45, 2.75) is 25.9 Å². The fourth-order valence-corrected chi connectivity index (χ4v) is 0.522. The van der Waals surface area contributed by atoms with Gasteiger partial charge in [-0.15, -0.1) is 6.58 Å². The van der Waals surface area contributed by atoms with Gasteiger partial charge in [0.05, 0.1) is 6.10 Å². The summed E-state index contributed by atoms with van der Waals surface area (Å²) in [7, 11) is 0. The highest BCUT2D eigenvalue weighted by molar-refractivity contribution is 4.96. The summed E-state index contributed by atoms with van der Waals surface area (Å²) in [4.78, 5) is 0. The summed E-state index contributed by atoms with van der Waals surface area (Å²) in [5, 5.41) is 9.11. The predicted octanol–water partition coefficient (Wildman–Crippen LogP) is 1.89. The lowest BCUT2D eigenvalue weighted by molar-refractivity contribution is 0.202. The SMILES string of the molecule is C=CCC[C@H](O)C(=C)C. The van der Waals surface area contributed by atoms with E-state index in [9.17, 15) is 0 Å². The lowest BCUT2D eigenvalue weighted by atomic mass is 10.1. The first-order valence-electron chi connectivity index (χ1n) is 3.13. The lowest BCUT2D eigenvalue weighted by Crippen LogP contribution is -2.05. The molecule has 0 bridgehead atoms. The molecular weight excluding hydrogens is 112 g/mol. The monoisotopic (exact) mass is 126 g/mol. The van der Waals surface area contributed by atoms with E-state index in [4.69, 9.17) is 5.11 Å². The fourth-order valence-electron chi connectivity index (χ4n) is 0.522. The van der Waals surface area contributed by atoms with E-state index in [-0.39, 0.29) is 6.10 Å². The molecule has 1 nitrogen and oxygen atoms in total. The van der Waals surface area contributed by atoms with Crippen LogP contribution in [-0.2, 0) is 0 Å². The van der Waals surface area contributed by atoms with Crippen LogP contribution in [0.5, 0.6) is 0 Å². The molecule has 0 aromatic rings. The van der Waals surface area contributed by atoms with Crippen molar-refractivity contribution < 1.29 is 5.11 Å². The van der Waals surface area contributed by atoms with Gasteiger partial charge in [-0.05, 0) is 19.8 Å². The molecule has 0 saturated carbocycles. The summed E-state index contributed by atoms with van der Waals surface area (Å²) in [6.45, 7) is 9.00. The first-order chi connectivity index (χ1) is 4.18. The minimum atomic E-state index is -0.344. The van der Waals surface area contributed by atoms with Crippen molar-refractivity contribution in [1.29, 1.82) is 0 Å². The van der Waals surface area contributed by atoms with Gasteiger partial charge in [0.1, 0.15) is 0 Å². The van der Waals surface area contributed by atoms with Crippen LogP contribution >= 0.6 is 0 Å². The van der Waals surface area contributed by atoms with E-state index in [2.05, 4.69) is 13.2 Å². The van der Waals surface area contributed by atoms with Crippen LogP contribution in [0.1, 0.15) is 19.8 Å². The molecule has 0 aliphatic rings. The standard InChI is InChI=1S/C8H14O/c1-4-5-6-8(9)7(2)3/h4,8-9H,1-2,5-6H2,3H3/t8-/m0/s1. The third-order valence-electron chi connectivity index (χ3n) is 1.21. The molecule has 1 atom stereocenters. The second-order valence-corrected chi connectivity index (χ2v) is 2.23. The van der Waals surface area contributed by atoms with Crippen molar-refractivity contribution in [3.05, 3.63) is 24.8 Å². The normalized spacial score (nSPS) is 12.7. The Labute approximate surface area is 56.7 Å². The number of aliphatic hydroxyl groups excluding tert-OH is 1. The second-order valence-electron chi connectivity index (χ2n) is 2.23. The van der Waals surface area contributed by atoms with Gasteiger partial charge >= 0.3 is 0 Å². The molecule has 0 spiro atoms. The van der Waals surface area contributed by atoms with Gasteiger partial charge in [0.25, 0.3) is 0 Å². The van der Waals surface area contributed by atoms with Gasteiger partial charge < -0.3 is 5.11 Å². The van der Waals surface area contributed by atoms with Gasteiger partial charge in [-0.1, -0.05) is 18.2 Å². The molecule has 0 aromatic carbocycles. The maximum absolute atomic E-state index is 9.11. The van der Waals surface area contributed by atoms with Crippen molar-refractivity contribution in [3.8, 4) is 0 Å².